The van der Waals surface area contributed by atoms with Crippen LogP contribution < -0.4 is 10.6 Å². The minimum Gasteiger partial charge on any atom is -0.466 e. The van der Waals surface area contributed by atoms with Gasteiger partial charge in [0.15, 0.2) is 0 Å². The van der Waals surface area contributed by atoms with Crippen LogP contribution in [0.25, 0.3) is 0 Å². The first-order chi connectivity index (χ1) is 7.72. The first-order valence-electron chi connectivity index (χ1n) is 5.88. The van der Waals surface area contributed by atoms with Crippen LogP contribution in [0, 0.1) is 0 Å². The van der Waals surface area contributed by atoms with Crippen molar-refractivity contribution in [2.24, 2.45) is 0 Å². The molecule has 0 bridgehead atoms. The van der Waals surface area contributed by atoms with Crippen LogP contribution in [-0.4, -0.2) is 37.6 Å². The number of nitrogens with one attached hydrogen (secondary N) is 2. The van der Waals surface area contributed by atoms with E-state index in [1.165, 1.54) is 0 Å². The molecule has 1 aliphatic rings. The lowest BCUT2D eigenvalue weighted by Crippen LogP contribution is -2.33. The fraction of sp³-hybridized carbons (Fsp3) is 0.818. The van der Waals surface area contributed by atoms with Crippen molar-refractivity contribution in [3.8, 4) is 0 Å². The molecule has 6 heteroatoms. The van der Waals surface area contributed by atoms with Crippen molar-refractivity contribution in [2.75, 3.05) is 19.7 Å². The number of hydrogen-bond acceptors (Lipinski definition) is 4. The summed E-state index contributed by atoms with van der Waals surface area (Å²) in [6, 6.07) is 0.308. The molecule has 1 atom stereocenters. The van der Waals surface area contributed by atoms with Crippen LogP contribution in [0.4, 0.5) is 0 Å². The second-order valence-corrected chi connectivity index (χ2v) is 3.90. The molecule has 1 aliphatic heterocycles. The summed E-state index contributed by atoms with van der Waals surface area (Å²) in [5.74, 6) is -0.259. The summed E-state index contributed by atoms with van der Waals surface area (Å²) >= 11 is 0. The van der Waals surface area contributed by atoms with E-state index in [0.29, 0.717) is 25.6 Å². The van der Waals surface area contributed by atoms with E-state index < -0.39 is 0 Å². The molecule has 100 valence electrons. The van der Waals surface area contributed by atoms with Crippen LogP contribution in [-0.2, 0) is 14.3 Å². The van der Waals surface area contributed by atoms with Crippen molar-refractivity contribution in [1.82, 2.24) is 10.6 Å². The molecule has 0 radical (unpaired) electrons. The summed E-state index contributed by atoms with van der Waals surface area (Å²) < 4.78 is 4.75. The van der Waals surface area contributed by atoms with E-state index in [-0.39, 0.29) is 30.7 Å². The van der Waals surface area contributed by atoms with Gasteiger partial charge >= 0.3 is 5.97 Å². The zero-order chi connectivity index (χ0) is 11.8. The molecule has 0 saturated carbocycles. The number of halogens is 1. The molecule has 0 spiro atoms. The van der Waals surface area contributed by atoms with Crippen molar-refractivity contribution >= 4 is 24.3 Å². The van der Waals surface area contributed by atoms with Gasteiger partial charge in [-0.15, -0.1) is 12.4 Å². The maximum absolute atomic E-state index is 11.4. The normalized spacial score (nSPS) is 18.3. The molecule has 17 heavy (non-hydrogen) atoms. The number of amides is 1. The molecule has 1 unspecified atom stereocenters. The molecule has 1 saturated heterocycles. The second-order valence-electron chi connectivity index (χ2n) is 3.90. The van der Waals surface area contributed by atoms with E-state index >= 15 is 0 Å². The summed E-state index contributed by atoms with van der Waals surface area (Å²) in [5.41, 5.74) is 0. The van der Waals surface area contributed by atoms with Gasteiger partial charge in [-0.05, 0) is 26.3 Å². The lowest BCUT2D eigenvalue weighted by molar-refractivity contribution is -0.143. The van der Waals surface area contributed by atoms with Crippen molar-refractivity contribution in [1.29, 1.82) is 0 Å². The quantitative estimate of drug-likeness (QED) is 0.690. The maximum Gasteiger partial charge on any atom is 0.307 e. The largest absolute Gasteiger partial charge is 0.466 e. The van der Waals surface area contributed by atoms with Gasteiger partial charge in [-0.25, -0.2) is 0 Å². The van der Waals surface area contributed by atoms with E-state index in [4.69, 9.17) is 4.74 Å². The molecule has 1 rings (SSSR count). The molecule has 0 aliphatic carbocycles. The van der Waals surface area contributed by atoms with Crippen molar-refractivity contribution in [3.63, 3.8) is 0 Å². The Morgan fingerprint density at radius 2 is 2.24 bits per heavy atom. The smallest absolute Gasteiger partial charge is 0.307 e. The van der Waals surface area contributed by atoms with Gasteiger partial charge in [-0.1, -0.05) is 0 Å². The average Bonchev–Trinajstić information content (AvgIpc) is 2.70. The Labute approximate surface area is 108 Å². The molecule has 1 amide bonds. The van der Waals surface area contributed by atoms with Gasteiger partial charge in [0, 0.05) is 19.0 Å². The summed E-state index contributed by atoms with van der Waals surface area (Å²) in [4.78, 5) is 22.4. The molecule has 0 aromatic rings. The van der Waals surface area contributed by atoms with Crippen LogP contribution in [0.2, 0.25) is 0 Å². The number of ether oxygens (including phenoxy) is 1. The third-order valence-corrected chi connectivity index (χ3v) is 2.55. The molecule has 0 aromatic carbocycles. The highest BCUT2D eigenvalue weighted by molar-refractivity contribution is 5.85. The zero-order valence-electron chi connectivity index (χ0n) is 10.2. The Balaban J connectivity index is 0.00000256. The third-order valence-electron chi connectivity index (χ3n) is 2.55. The third kappa shape index (κ3) is 7.18. The predicted octanol–water partition coefficient (Wildman–Crippen LogP) is 0.620. The Hall–Kier alpha value is -0.810. The predicted molar refractivity (Wildman–Crippen MR) is 67.1 cm³/mol. The zero-order valence-corrected chi connectivity index (χ0v) is 11.0. The van der Waals surface area contributed by atoms with E-state index in [1.807, 2.05) is 0 Å². The number of esters is 1. The van der Waals surface area contributed by atoms with Crippen molar-refractivity contribution in [3.05, 3.63) is 0 Å². The van der Waals surface area contributed by atoms with Crippen molar-refractivity contribution < 1.29 is 14.3 Å². The minimum absolute atomic E-state index is 0. The van der Waals surface area contributed by atoms with E-state index in [9.17, 15) is 9.59 Å². The summed E-state index contributed by atoms with van der Waals surface area (Å²) in [6.07, 6.45) is 2.95. The number of rotatable bonds is 6. The number of carbonyl (C=O) groups is 2. The van der Waals surface area contributed by atoms with Gasteiger partial charge in [-0.2, -0.15) is 0 Å². The van der Waals surface area contributed by atoms with E-state index in [2.05, 4.69) is 10.6 Å². The van der Waals surface area contributed by atoms with Gasteiger partial charge in [0.05, 0.1) is 13.0 Å². The van der Waals surface area contributed by atoms with Crippen LogP contribution in [0.1, 0.15) is 32.6 Å². The van der Waals surface area contributed by atoms with Gasteiger partial charge in [0.1, 0.15) is 0 Å². The molecule has 5 nitrogen and oxygen atoms in total. The first kappa shape index (κ1) is 16.2. The lowest BCUT2D eigenvalue weighted by Gasteiger charge is -2.10. The standard InChI is InChI=1S/C11H20N2O3.ClH/c1-2-16-11(15)5-7-13-10(14)8-9-4-3-6-12-9;/h9,12H,2-8H2,1H3,(H,13,14);1H. The fourth-order valence-corrected chi connectivity index (χ4v) is 1.76. The van der Waals surface area contributed by atoms with Gasteiger partial charge in [0.2, 0.25) is 5.91 Å². The highest BCUT2D eigenvalue weighted by Crippen LogP contribution is 2.07. The van der Waals surface area contributed by atoms with E-state index in [1.54, 1.807) is 6.92 Å². The van der Waals surface area contributed by atoms with Crippen LogP contribution >= 0.6 is 12.4 Å². The Morgan fingerprint density at radius 1 is 1.47 bits per heavy atom. The molecular formula is C11H21ClN2O3. The Morgan fingerprint density at radius 3 is 2.82 bits per heavy atom. The summed E-state index contributed by atoms with van der Waals surface area (Å²) in [5, 5.41) is 5.97. The highest BCUT2D eigenvalue weighted by atomic mass is 35.5. The van der Waals surface area contributed by atoms with Crippen LogP contribution in [0.5, 0.6) is 0 Å². The monoisotopic (exact) mass is 264 g/mol. The molecule has 2 N–H and O–H groups in total. The van der Waals surface area contributed by atoms with Crippen LogP contribution in [0.15, 0.2) is 0 Å². The minimum atomic E-state index is -0.262. The average molecular weight is 265 g/mol. The maximum atomic E-state index is 11.4. The number of carbonyl (C=O) groups excluding carboxylic acids is 2. The topological polar surface area (TPSA) is 67.4 Å². The van der Waals surface area contributed by atoms with Gasteiger partial charge in [-0.3, -0.25) is 9.59 Å². The first-order valence-corrected chi connectivity index (χ1v) is 5.88. The van der Waals surface area contributed by atoms with Gasteiger partial charge < -0.3 is 15.4 Å². The van der Waals surface area contributed by atoms with E-state index in [0.717, 1.165) is 19.4 Å². The van der Waals surface area contributed by atoms with Crippen LogP contribution in [0.3, 0.4) is 0 Å². The van der Waals surface area contributed by atoms with Crippen molar-refractivity contribution in [2.45, 2.75) is 38.6 Å². The summed E-state index contributed by atoms with van der Waals surface area (Å²) in [7, 11) is 0. The fourth-order valence-electron chi connectivity index (χ4n) is 1.76. The molecule has 1 fully saturated rings. The SMILES string of the molecule is CCOC(=O)CCNC(=O)CC1CCCN1.Cl. The Bertz CT molecular complexity index is 243. The molecule has 0 aromatic heterocycles. The molecular weight excluding hydrogens is 244 g/mol. The molecule has 1 heterocycles. The Kier molecular flexibility index (Phi) is 8.80. The summed E-state index contributed by atoms with van der Waals surface area (Å²) in [6.45, 7) is 3.52. The number of hydrogen-bond donors (Lipinski definition) is 2. The lowest BCUT2D eigenvalue weighted by atomic mass is 10.1. The second kappa shape index (κ2) is 9.24. The highest BCUT2D eigenvalue weighted by Gasteiger charge is 2.17. The van der Waals surface area contributed by atoms with Gasteiger partial charge in [0.25, 0.3) is 0 Å².